The molecule has 38 heavy (non-hydrogen) atoms. The minimum atomic E-state index is -0.556. The Balaban J connectivity index is 1.21. The zero-order valence-corrected chi connectivity index (χ0v) is 21.5. The van der Waals surface area contributed by atoms with Gasteiger partial charge >= 0.3 is 12.1 Å². The molecule has 0 saturated carbocycles. The third-order valence-electron chi connectivity index (χ3n) is 6.78. The van der Waals surface area contributed by atoms with E-state index in [1.165, 1.54) is 11.8 Å². The van der Waals surface area contributed by atoms with E-state index in [4.69, 9.17) is 4.74 Å². The van der Waals surface area contributed by atoms with Crippen LogP contribution in [0.1, 0.15) is 17.2 Å². The van der Waals surface area contributed by atoms with Crippen molar-refractivity contribution in [2.45, 2.75) is 23.2 Å². The molecule has 2 unspecified atom stereocenters. The molecule has 0 bridgehead atoms. The number of rotatable bonds is 7. The number of carbonyl (C=O) groups excluding carboxylic acids is 3. The second-order valence-corrected chi connectivity index (χ2v) is 10.4. The Kier molecular flexibility index (Phi) is 6.28. The van der Waals surface area contributed by atoms with Gasteiger partial charge in [0.2, 0.25) is 5.91 Å². The number of anilines is 2. The molecule has 0 radical (unpaired) electrons. The second-order valence-electron chi connectivity index (χ2n) is 9.22. The van der Waals surface area contributed by atoms with Crippen molar-refractivity contribution < 1.29 is 19.1 Å². The molecule has 2 aromatic carbocycles. The van der Waals surface area contributed by atoms with Crippen LogP contribution >= 0.6 is 11.8 Å². The number of amides is 5. The average Bonchev–Trinajstić information content (AvgIpc) is 3.49. The molecule has 3 aliphatic heterocycles. The van der Waals surface area contributed by atoms with Gasteiger partial charge in [-0.05, 0) is 48.9 Å². The van der Waals surface area contributed by atoms with E-state index in [1.54, 1.807) is 16.0 Å². The third-order valence-corrected chi connectivity index (χ3v) is 8.07. The average molecular weight is 531 g/mol. The SMILES string of the molecule is Cc1cc(Oc2ccccc2)ccc1N1C(=O)NC2c3c1ccnc3SC2C(=O)NCCN1CCNC1=O. The summed E-state index contributed by atoms with van der Waals surface area (Å²) in [6.07, 6.45) is 1.66. The molecule has 11 heteroatoms. The molecule has 0 spiro atoms. The predicted octanol–water partition coefficient (Wildman–Crippen LogP) is 3.70. The lowest BCUT2D eigenvalue weighted by atomic mass is 9.99. The van der Waals surface area contributed by atoms with E-state index in [1.807, 2.05) is 61.5 Å². The molecule has 3 aliphatic rings. The first-order valence-electron chi connectivity index (χ1n) is 12.4. The first-order valence-corrected chi connectivity index (χ1v) is 13.3. The molecule has 0 aliphatic carbocycles. The molecular formula is C27H26N6O4S. The van der Waals surface area contributed by atoms with Crippen LogP contribution in [-0.2, 0) is 4.79 Å². The first-order chi connectivity index (χ1) is 18.5. The van der Waals surface area contributed by atoms with Crippen molar-refractivity contribution in [1.82, 2.24) is 25.8 Å². The van der Waals surface area contributed by atoms with Crippen molar-refractivity contribution >= 4 is 41.1 Å². The van der Waals surface area contributed by atoms with E-state index >= 15 is 0 Å². The molecule has 1 aromatic heterocycles. The van der Waals surface area contributed by atoms with E-state index in [0.29, 0.717) is 37.6 Å². The number of hydrogen-bond acceptors (Lipinski definition) is 6. The zero-order chi connectivity index (χ0) is 26.2. The number of para-hydroxylation sites is 1. The normalized spacial score (nSPS) is 19.6. The molecule has 2 atom stereocenters. The van der Waals surface area contributed by atoms with Gasteiger partial charge < -0.3 is 25.6 Å². The lowest BCUT2D eigenvalue weighted by molar-refractivity contribution is -0.121. The Labute approximate surface area is 223 Å². The number of nitrogens with one attached hydrogen (secondary N) is 3. The molecule has 6 rings (SSSR count). The van der Waals surface area contributed by atoms with Gasteiger partial charge in [0.25, 0.3) is 0 Å². The number of urea groups is 2. The van der Waals surface area contributed by atoms with Crippen LogP contribution in [0.15, 0.2) is 65.8 Å². The van der Waals surface area contributed by atoms with Crippen molar-refractivity contribution in [2.75, 3.05) is 31.1 Å². The van der Waals surface area contributed by atoms with E-state index in [9.17, 15) is 14.4 Å². The van der Waals surface area contributed by atoms with Crippen molar-refractivity contribution in [3.63, 3.8) is 0 Å². The van der Waals surface area contributed by atoms with Gasteiger partial charge in [-0.15, -0.1) is 0 Å². The molecule has 1 fully saturated rings. The molecule has 1 saturated heterocycles. The van der Waals surface area contributed by atoms with Crippen LogP contribution in [0.25, 0.3) is 0 Å². The van der Waals surface area contributed by atoms with E-state index in [0.717, 1.165) is 27.6 Å². The summed E-state index contributed by atoms with van der Waals surface area (Å²) >= 11 is 1.34. The number of carbonyl (C=O) groups is 3. The Morgan fingerprint density at radius 2 is 1.95 bits per heavy atom. The van der Waals surface area contributed by atoms with Crippen LogP contribution in [0, 0.1) is 6.92 Å². The maximum absolute atomic E-state index is 13.4. The quantitative estimate of drug-likeness (QED) is 0.429. The molecule has 5 amide bonds. The number of hydrogen-bond donors (Lipinski definition) is 3. The molecule has 10 nitrogen and oxygen atoms in total. The molecule has 4 heterocycles. The fourth-order valence-corrected chi connectivity index (χ4v) is 6.22. The van der Waals surface area contributed by atoms with Gasteiger partial charge in [-0.1, -0.05) is 30.0 Å². The van der Waals surface area contributed by atoms with E-state index in [2.05, 4.69) is 20.9 Å². The summed E-state index contributed by atoms with van der Waals surface area (Å²) in [5.74, 6) is 1.21. The summed E-state index contributed by atoms with van der Waals surface area (Å²) < 4.78 is 5.95. The third kappa shape index (κ3) is 4.38. The van der Waals surface area contributed by atoms with Crippen LogP contribution in [0.5, 0.6) is 11.5 Å². The fourth-order valence-electron chi connectivity index (χ4n) is 4.97. The summed E-state index contributed by atoms with van der Waals surface area (Å²) in [5.41, 5.74) is 3.13. The van der Waals surface area contributed by atoms with Gasteiger partial charge in [0, 0.05) is 37.9 Å². The Morgan fingerprint density at radius 3 is 2.71 bits per heavy atom. The lowest BCUT2D eigenvalue weighted by Crippen LogP contribution is -2.49. The van der Waals surface area contributed by atoms with Gasteiger partial charge in [-0.25, -0.2) is 14.6 Å². The van der Waals surface area contributed by atoms with Crippen molar-refractivity contribution in [3.05, 3.63) is 71.9 Å². The molecule has 3 aromatic rings. The minimum absolute atomic E-state index is 0.120. The fraction of sp³-hybridized carbons (Fsp3) is 0.259. The number of pyridine rings is 1. The van der Waals surface area contributed by atoms with E-state index < -0.39 is 11.3 Å². The monoisotopic (exact) mass is 530 g/mol. The highest BCUT2D eigenvalue weighted by Crippen LogP contribution is 2.51. The largest absolute Gasteiger partial charge is 0.457 e. The smallest absolute Gasteiger partial charge is 0.327 e. The van der Waals surface area contributed by atoms with Gasteiger partial charge in [0.1, 0.15) is 21.8 Å². The number of nitrogens with zero attached hydrogens (tertiary/aromatic N) is 3. The van der Waals surface area contributed by atoms with Gasteiger partial charge in [-0.3, -0.25) is 9.69 Å². The lowest BCUT2D eigenvalue weighted by Gasteiger charge is -2.35. The number of ether oxygens (including phenoxy) is 1. The Hall–Kier alpha value is -4.25. The maximum Gasteiger partial charge on any atom is 0.327 e. The standard InChI is InChI=1S/C27H26N6O4S/c1-16-15-18(37-17-5-3-2-4-6-17)7-8-19(16)33-20-9-10-29-25-21(20)22(31-27(33)36)23(38-25)24(34)28-11-13-32-14-12-30-26(32)35/h2-10,15,22-23H,11-14H2,1H3,(H,28,34)(H,30,35)(H,31,36). The van der Waals surface area contributed by atoms with Crippen LogP contribution < -0.4 is 25.6 Å². The van der Waals surface area contributed by atoms with Crippen LogP contribution in [0.3, 0.4) is 0 Å². The van der Waals surface area contributed by atoms with Crippen LogP contribution in [0.4, 0.5) is 21.0 Å². The molecule has 3 N–H and O–H groups in total. The zero-order valence-electron chi connectivity index (χ0n) is 20.6. The summed E-state index contributed by atoms with van der Waals surface area (Å²) in [5, 5.41) is 8.87. The van der Waals surface area contributed by atoms with Crippen LogP contribution in [0.2, 0.25) is 0 Å². The highest BCUT2D eigenvalue weighted by molar-refractivity contribution is 8.01. The van der Waals surface area contributed by atoms with Crippen LogP contribution in [-0.4, -0.2) is 59.3 Å². The van der Waals surface area contributed by atoms with Crippen molar-refractivity contribution in [1.29, 1.82) is 0 Å². The molecule has 194 valence electrons. The Morgan fingerprint density at radius 1 is 1.11 bits per heavy atom. The Bertz CT molecular complexity index is 1420. The highest BCUT2D eigenvalue weighted by Gasteiger charge is 2.46. The van der Waals surface area contributed by atoms with Crippen molar-refractivity contribution in [2.24, 2.45) is 0 Å². The summed E-state index contributed by atoms with van der Waals surface area (Å²) in [6, 6.07) is 16.0. The summed E-state index contributed by atoms with van der Waals surface area (Å²) in [6.45, 7) is 3.93. The molecular weight excluding hydrogens is 504 g/mol. The number of aryl methyl sites for hydroxylation is 1. The number of thioether (sulfide) groups is 1. The van der Waals surface area contributed by atoms with Gasteiger partial charge in [-0.2, -0.15) is 0 Å². The van der Waals surface area contributed by atoms with E-state index in [-0.39, 0.29) is 18.0 Å². The topological polar surface area (TPSA) is 116 Å². The minimum Gasteiger partial charge on any atom is -0.457 e. The maximum atomic E-state index is 13.4. The summed E-state index contributed by atoms with van der Waals surface area (Å²) in [4.78, 5) is 46.1. The number of benzene rings is 2. The predicted molar refractivity (Wildman–Crippen MR) is 143 cm³/mol. The number of aromatic nitrogens is 1. The van der Waals surface area contributed by atoms with Gasteiger partial charge in [0.05, 0.1) is 17.4 Å². The van der Waals surface area contributed by atoms with Gasteiger partial charge in [0.15, 0.2) is 0 Å². The summed E-state index contributed by atoms with van der Waals surface area (Å²) in [7, 11) is 0. The highest BCUT2D eigenvalue weighted by atomic mass is 32.2. The second kappa shape index (κ2) is 9.90. The van der Waals surface area contributed by atoms with Crippen molar-refractivity contribution in [3.8, 4) is 11.5 Å². The first kappa shape index (κ1) is 24.1.